The number of hydrogen-bond donors (Lipinski definition) is 4. The molecule has 1 unspecified atom stereocenters. The van der Waals surface area contributed by atoms with Gasteiger partial charge in [0.25, 0.3) is 5.91 Å². The number of amides is 1. The Kier molecular flexibility index (Phi) is 5.85. The number of benzene rings is 2. The number of methoxy groups -OCH3 is 1. The number of rotatable bonds is 4. The molecule has 0 aliphatic carbocycles. The summed E-state index contributed by atoms with van der Waals surface area (Å²) in [6.07, 6.45) is 0. The van der Waals surface area contributed by atoms with Crippen LogP contribution in [-0.4, -0.2) is 23.2 Å². The maximum absolute atomic E-state index is 13.1. The maximum atomic E-state index is 13.1. The van der Waals surface area contributed by atoms with Crippen molar-refractivity contribution in [3.8, 4) is 11.5 Å². The van der Waals surface area contributed by atoms with Gasteiger partial charge in [-0.3, -0.25) is 4.79 Å². The molecule has 0 saturated carbocycles. The molecule has 1 amide bonds. The lowest BCUT2D eigenvalue weighted by Gasteiger charge is -2.30. The SMILES string of the molecule is COc1ccccc1NC(=O)C1=C(C)NC(=S)NC1c1ccc(O)c(I)c1. The first-order valence-electron chi connectivity index (χ1n) is 8.11. The normalized spacial score (nSPS) is 16.4. The number of anilines is 1. The summed E-state index contributed by atoms with van der Waals surface area (Å²) in [5.41, 5.74) is 2.58. The van der Waals surface area contributed by atoms with E-state index in [0.29, 0.717) is 31.4 Å². The number of aromatic hydroxyl groups is 1. The van der Waals surface area contributed by atoms with Crippen molar-refractivity contribution in [2.45, 2.75) is 13.0 Å². The third kappa shape index (κ3) is 4.16. The van der Waals surface area contributed by atoms with Crippen molar-refractivity contribution in [2.24, 2.45) is 0 Å². The van der Waals surface area contributed by atoms with Crippen LogP contribution in [0.2, 0.25) is 0 Å². The molecule has 27 heavy (non-hydrogen) atoms. The number of carbonyl (C=O) groups excluding carboxylic acids is 1. The first-order chi connectivity index (χ1) is 12.9. The lowest BCUT2D eigenvalue weighted by molar-refractivity contribution is -0.113. The van der Waals surface area contributed by atoms with E-state index in [9.17, 15) is 9.90 Å². The maximum Gasteiger partial charge on any atom is 0.255 e. The molecule has 0 saturated heterocycles. The largest absolute Gasteiger partial charge is 0.507 e. The zero-order valence-electron chi connectivity index (χ0n) is 14.7. The van der Waals surface area contributed by atoms with Crippen molar-refractivity contribution in [3.05, 3.63) is 62.9 Å². The van der Waals surface area contributed by atoms with Crippen LogP contribution < -0.4 is 20.7 Å². The summed E-state index contributed by atoms with van der Waals surface area (Å²) in [4.78, 5) is 13.1. The van der Waals surface area contributed by atoms with Gasteiger partial charge in [-0.25, -0.2) is 0 Å². The van der Waals surface area contributed by atoms with Crippen LogP contribution in [0.3, 0.4) is 0 Å². The zero-order valence-corrected chi connectivity index (χ0v) is 17.6. The smallest absolute Gasteiger partial charge is 0.255 e. The lowest BCUT2D eigenvalue weighted by atomic mass is 9.95. The van der Waals surface area contributed by atoms with Gasteiger partial charge in [0.05, 0.1) is 28.0 Å². The van der Waals surface area contributed by atoms with E-state index in [1.54, 1.807) is 31.4 Å². The lowest BCUT2D eigenvalue weighted by Crippen LogP contribution is -2.45. The quantitative estimate of drug-likeness (QED) is 0.385. The van der Waals surface area contributed by atoms with Crippen molar-refractivity contribution >= 4 is 51.5 Å². The minimum Gasteiger partial charge on any atom is -0.507 e. The molecule has 0 fully saturated rings. The van der Waals surface area contributed by atoms with E-state index in [-0.39, 0.29) is 11.7 Å². The first kappa shape index (κ1) is 19.4. The van der Waals surface area contributed by atoms with Crippen LogP contribution >= 0.6 is 34.8 Å². The number of carbonyl (C=O) groups is 1. The summed E-state index contributed by atoms with van der Waals surface area (Å²) >= 11 is 7.32. The molecule has 140 valence electrons. The molecule has 0 aromatic heterocycles. The average molecular weight is 495 g/mol. The standard InChI is InChI=1S/C19H18IN3O3S/c1-10-16(18(25)22-13-5-3-4-6-15(13)26-2)17(23-19(27)21-10)11-7-8-14(24)12(20)9-11/h3-9,17,24H,1-2H3,(H,22,25)(H2,21,23,27). The van der Waals surface area contributed by atoms with Gasteiger partial charge in [-0.05, 0) is 71.6 Å². The van der Waals surface area contributed by atoms with Gasteiger partial charge in [0.15, 0.2) is 5.11 Å². The second-order valence-corrected chi connectivity index (χ2v) is 7.51. The molecule has 8 heteroatoms. The molecule has 2 aromatic rings. The first-order valence-corrected chi connectivity index (χ1v) is 9.60. The predicted molar refractivity (Wildman–Crippen MR) is 117 cm³/mol. The van der Waals surface area contributed by atoms with Gasteiger partial charge in [-0.2, -0.15) is 0 Å². The van der Waals surface area contributed by atoms with E-state index in [1.807, 2.05) is 47.7 Å². The number of phenols is 1. The molecule has 1 atom stereocenters. The third-order valence-electron chi connectivity index (χ3n) is 4.17. The fraction of sp³-hybridized carbons (Fsp3) is 0.158. The molecular formula is C19H18IN3O3S. The minimum absolute atomic E-state index is 0.191. The van der Waals surface area contributed by atoms with Gasteiger partial charge in [-0.1, -0.05) is 18.2 Å². The molecule has 6 nitrogen and oxygen atoms in total. The Bertz CT molecular complexity index is 946. The Hall–Kier alpha value is -2.33. The topological polar surface area (TPSA) is 82.6 Å². The van der Waals surface area contributed by atoms with Crippen molar-refractivity contribution in [1.29, 1.82) is 0 Å². The third-order valence-corrected chi connectivity index (χ3v) is 5.26. The van der Waals surface area contributed by atoms with Gasteiger partial charge in [0.1, 0.15) is 11.5 Å². The number of nitrogens with one attached hydrogen (secondary N) is 3. The molecule has 1 aliphatic heterocycles. The van der Waals surface area contributed by atoms with Gasteiger partial charge in [-0.15, -0.1) is 0 Å². The predicted octanol–water partition coefficient (Wildman–Crippen LogP) is 3.44. The molecule has 0 bridgehead atoms. The van der Waals surface area contributed by atoms with Crippen molar-refractivity contribution in [3.63, 3.8) is 0 Å². The molecule has 0 radical (unpaired) electrons. The molecular weight excluding hydrogens is 477 g/mol. The number of para-hydroxylation sites is 2. The molecule has 0 spiro atoms. The van der Waals surface area contributed by atoms with Crippen LogP contribution in [0.15, 0.2) is 53.7 Å². The number of hydrogen-bond acceptors (Lipinski definition) is 4. The number of halogens is 1. The monoisotopic (exact) mass is 495 g/mol. The van der Waals surface area contributed by atoms with Crippen LogP contribution in [0.4, 0.5) is 5.69 Å². The van der Waals surface area contributed by atoms with Crippen molar-refractivity contribution < 1.29 is 14.6 Å². The van der Waals surface area contributed by atoms with E-state index < -0.39 is 6.04 Å². The molecule has 3 rings (SSSR count). The highest BCUT2D eigenvalue weighted by Crippen LogP contribution is 2.32. The zero-order chi connectivity index (χ0) is 19.6. The second kappa shape index (κ2) is 8.13. The Morgan fingerprint density at radius 1 is 1.30 bits per heavy atom. The number of ether oxygens (including phenoxy) is 1. The molecule has 1 aliphatic rings. The van der Waals surface area contributed by atoms with E-state index in [4.69, 9.17) is 17.0 Å². The van der Waals surface area contributed by atoms with E-state index >= 15 is 0 Å². The van der Waals surface area contributed by atoms with Crippen LogP contribution in [0, 0.1) is 3.57 Å². The second-order valence-electron chi connectivity index (χ2n) is 5.94. The highest BCUT2D eigenvalue weighted by molar-refractivity contribution is 14.1. The number of thiocarbonyl (C=S) groups is 1. The minimum atomic E-state index is -0.442. The molecule has 1 heterocycles. The summed E-state index contributed by atoms with van der Waals surface area (Å²) in [5, 5.41) is 19.3. The van der Waals surface area contributed by atoms with Gasteiger partial charge < -0.3 is 25.8 Å². The summed E-state index contributed by atoms with van der Waals surface area (Å²) in [7, 11) is 1.55. The van der Waals surface area contributed by atoms with Gasteiger partial charge in [0.2, 0.25) is 0 Å². The fourth-order valence-corrected chi connectivity index (χ4v) is 3.70. The summed E-state index contributed by atoms with van der Waals surface area (Å²) in [6.45, 7) is 1.81. The Labute approximate surface area is 176 Å². The van der Waals surface area contributed by atoms with E-state index in [2.05, 4.69) is 16.0 Å². The Balaban J connectivity index is 1.98. The van der Waals surface area contributed by atoms with E-state index in [0.717, 1.165) is 5.56 Å². The van der Waals surface area contributed by atoms with Crippen molar-refractivity contribution in [1.82, 2.24) is 10.6 Å². The van der Waals surface area contributed by atoms with Gasteiger partial charge in [0, 0.05) is 5.70 Å². The summed E-state index contributed by atoms with van der Waals surface area (Å²) in [6, 6.07) is 12.0. The number of phenolic OH excluding ortho intramolecular Hbond substituents is 1. The van der Waals surface area contributed by atoms with Crippen molar-refractivity contribution in [2.75, 3.05) is 12.4 Å². The molecule has 2 aromatic carbocycles. The Morgan fingerprint density at radius 3 is 2.74 bits per heavy atom. The molecule has 4 N–H and O–H groups in total. The van der Waals surface area contributed by atoms with Gasteiger partial charge >= 0.3 is 0 Å². The summed E-state index contributed by atoms with van der Waals surface area (Å²) in [5.74, 6) is 0.497. The van der Waals surface area contributed by atoms with E-state index in [1.165, 1.54) is 0 Å². The van der Waals surface area contributed by atoms with Crippen LogP contribution in [0.1, 0.15) is 18.5 Å². The highest BCUT2D eigenvalue weighted by Gasteiger charge is 2.30. The summed E-state index contributed by atoms with van der Waals surface area (Å²) < 4.78 is 6.00. The fourth-order valence-electron chi connectivity index (χ4n) is 2.89. The highest BCUT2D eigenvalue weighted by atomic mass is 127. The van der Waals surface area contributed by atoms with Crippen LogP contribution in [-0.2, 0) is 4.79 Å². The van der Waals surface area contributed by atoms with Crippen LogP contribution in [0.25, 0.3) is 0 Å². The average Bonchev–Trinajstić information content (AvgIpc) is 2.63. The number of allylic oxidation sites excluding steroid dienone is 1. The van der Waals surface area contributed by atoms with Crippen LogP contribution in [0.5, 0.6) is 11.5 Å². The Morgan fingerprint density at radius 2 is 2.04 bits per heavy atom.